The third-order valence-electron chi connectivity index (χ3n) is 4.44. The third kappa shape index (κ3) is 4.98. The molecule has 3 rings (SSSR count). The number of nitrogens with one attached hydrogen (secondary N) is 2. The molecule has 0 bridgehead atoms. The lowest BCUT2D eigenvalue weighted by molar-refractivity contribution is -0.118. The molecule has 0 aliphatic carbocycles. The zero-order valence-corrected chi connectivity index (χ0v) is 17.1. The van der Waals surface area contributed by atoms with E-state index >= 15 is 0 Å². The minimum atomic E-state index is 0.0217. The molecule has 1 atom stereocenters. The first-order valence-corrected chi connectivity index (χ1v) is 10.2. The molecule has 1 unspecified atom stereocenters. The number of amides is 1. The van der Waals surface area contributed by atoms with Crippen molar-refractivity contribution in [3.8, 4) is 11.5 Å². The molecule has 2 aromatic carbocycles. The smallest absolute Gasteiger partial charge is 0.230 e. The van der Waals surface area contributed by atoms with Crippen LogP contribution in [-0.2, 0) is 11.2 Å². The number of ether oxygens (including phenoxy) is 2. The highest BCUT2D eigenvalue weighted by atomic mass is 32.2. The van der Waals surface area contributed by atoms with E-state index in [2.05, 4.69) is 22.2 Å². The normalized spacial score (nSPS) is 12.0. The molecule has 0 spiro atoms. The molecule has 0 saturated heterocycles. The van der Waals surface area contributed by atoms with E-state index < -0.39 is 0 Å². The molecular weight excluding hydrogens is 374 g/mol. The zero-order valence-electron chi connectivity index (χ0n) is 16.3. The van der Waals surface area contributed by atoms with Gasteiger partial charge in [0.05, 0.1) is 36.3 Å². The second-order valence-electron chi connectivity index (χ2n) is 6.38. The van der Waals surface area contributed by atoms with Gasteiger partial charge in [-0.25, -0.2) is 4.98 Å². The number of fused-ring (bicyclic) bond motifs is 1. The van der Waals surface area contributed by atoms with Crippen molar-refractivity contribution in [3.63, 3.8) is 0 Å². The highest BCUT2D eigenvalue weighted by Gasteiger charge is 2.13. The highest BCUT2D eigenvalue weighted by molar-refractivity contribution is 8.00. The number of carbonyl (C=O) groups is 1. The molecule has 7 heteroatoms. The lowest BCUT2D eigenvalue weighted by Gasteiger charge is -2.11. The fourth-order valence-electron chi connectivity index (χ4n) is 2.88. The number of H-pyrrole nitrogens is 1. The number of methoxy groups -OCH3 is 2. The van der Waals surface area contributed by atoms with E-state index in [9.17, 15) is 4.79 Å². The number of thioether (sulfide) groups is 1. The standard InChI is InChI=1S/C21H25N3O3S/c1-14(21-23-16-6-4-5-7-17(16)24-21)28-13-20(25)22-11-10-15-8-9-18(26-2)19(12-15)27-3/h4-9,12,14H,10-11,13H2,1-3H3,(H,22,25)(H,23,24). The van der Waals surface area contributed by atoms with E-state index in [4.69, 9.17) is 9.47 Å². The third-order valence-corrected chi connectivity index (χ3v) is 5.59. The van der Waals surface area contributed by atoms with Gasteiger partial charge in [-0.3, -0.25) is 4.79 Å². The molecule has 2 N–H and O–H groups in total. The number of hydrogen-bond donors (Lipinski definition) is 2. The van der Waals surface area contributed by atoms with E-state index in [1.54, 1.807) is 26.0 Å². The van der Waals surface area contributed by atoms with E-state index in [-0.39, 0.29) is 11.2 Å². The van der Waals surface area contributed by atoms with Gasteiger partial charge in [-0.1, -0.05) is 18.2 Å². The molecule has 28 heavy (non-hydrogen) atoms. The van der Waals surface area contributed by atoms with Crippen LogP contribution in [0, 0.1) is 0 Å². The van der Waals surface area contributed by atoms with Crippen LogP contribution in [0.15, 0.2) is 42.5 Å². The van der Waals surface area contributed by atoms with Gasteiger partial charge in [-0.05, 0) is 43.2 Å². The number of imidazole rings is 1. The second kappa shape index (κ2) is 9.50. The average Bonchev–Trinajstić information content (AvgIpc) is 3.16. The lowest BCUT2D eigenvalue weighted by atomic mass is 10.1. The minimum Gasteiger partial charge on any atom is -0.493 e. The lowest BCUT2D eigenvalue weighted by Crippen LogP contribution is -2.27. The molecule has 6 nitrogen and oxygen atoms in total. The van der Waals surface area contributed by atoms with E-state index in [1.807, 2.05) is 42.5 Å². The summed E-state index contributed by atoms with van der Waals surface area (Å²) in [5.41, 5.74) is 3.05. The SMILES string of the molecule is COc1ccc(CCNC(=O)CSC(C)c2nc3ccccc3[nH]2)cc1OC. The topological polar surface area (TPSA) is 76.2 Å². The number of hydrogen-bond acceptors (Lipinski definition) is 5. The van der Waals surface area contributed by atoms with Crippen molar-refractivity contribution in [2.45, 2.75) is 18.6 Å². The monoisotopic (exact) mass is 399 g/mol. The molecular formula is C21H25N3O3S. The predicted octanol–water partition coefficient (Wildman–Crippen LogP) is 3.73. The Kier molecular flexibility index (Phi) is 6.81. The molecule has 0 radical (unpaired) electrons. The minimum absolute atomic E-state index is 0.0217. The Hall–Kier alpha value is -2.67. The van der Waals surface area contributed by atoms with Crippen LogP contribution in [0.5, 0.6) is 11.5 Å². The van der Waals surface area contributed by atoms with E-state index in [0.29, 0.717) is 23.8 Å². The summed E-state index contributed by atoms with van der Waals surface area (Å²) in [7, 11) is 3.23. The van der Waals surface area contributed by atoms with Gasteiger partial charge in [0.2, 0.25) is 5.91 Å². The number of benzene rings is 2. The number of para-hydroxylation sites is 2. The van der Waals surface area contributed by atoms with Crippen LogP contribution in [0.4, 0.5) is 0 Å². The second-order valence-corrected chi connectivity index (χ2v) is 7.71. The van der Waals surface area contributed by atoms with Crippen molar-refractivity contribution in [3.05, 3.63) is 53.9 Å². The van der Waals surface area contributed by atoms with Crippen molar-refractivity contribution in [2.75, 3.05) is 26.5 Å². The molecule has 0 saturated carbocycles. The van der Waals surface area contributed by atoms with Crippen LogP contribution >= 0.6 is 11.8 Å². The zero-order chi connectivity index (χ0) is 19.9. The Labute approximate surface area is 169 Å². The summed E-state index contributed by atoms with van der Waals surface area (Å²) in [5, 5.41) is 3.08. The van der Waals surface area contributed by atoms with E-state index in [1.165, 1.54) is 0 Å². The van der Waals surface area contributed by atoms with Crippen molar-refractivity contribution < 1.29 is 14.3 Å². The molecule has 0 fully saturated rings. The van der Waals surface area contributed by atoms with Crippen molar-refractivity contribution in [1.29, 1.82) is 0 Å². The summed E-state index contributed by atoms with van der Waals surface area (Å²) in [4.78, 5) is 20.1. The fourth-order valence-corrected chi connectivity index (χ4v) is 3.65. The Morgan fingerprint density at radius 1 is 1.18 bits per heavy atom. The summed E-state index contributed by atoms with van der Waals surface area (Å²) in [5.74, 6) is 2.70. The maximum Gasteiger partial charge on any atom is 0.230 e. The number of rotatable bonds is 9. The molecule has 148 valence electrons. The Balaban J connectivity index is 1.44. The first-order valence-electron chi connectivity index (χ1n) is 9.14. The highest BCUT2D eigenvalue weighted by Crippen LogP contribution is 2.28. The number of aromatic nitrogens is 2. The summed E-state index contributed by atoms with van der Waals surface area (Å²) >= 11 is 1.57. The van der Waals surface area contributed by atoms with Gasteiger partial charge in [0.25, 0.3) is 0 Å². The predicted molar refractivity (Wildman–Crippen MR) is 113 cm³/mol. The van der Waals surface area contributed by atoms with Crippen LogP contribution in [0.1, 0.15) is 23.6 Å². The number of aromatic amines is 1. The summed E-state index contributed by atoms with van der Waals surface area (Å²) in [6.07, 6.45) is 0.732. The van der Waals surface area contributed by atoms with Crippen LogP contribution in [0.3, 0.4) is 0 Å². The quantitative estimate of drug-likeness (QED) is 0.573. The average molecular weight is 400 g/mol. The van der Waals surface area contributed by atoms with Gasteiger partial charge < -0.3 is 19.8 Å². The molecule has 0 aliphatic heterocycles. The summed E-state index contributed by atoms with van der Waals surface area (Å²) in [6.45, 7) is 2.63. The van der Waals surface area contributed by atoms with Crippen LogP contribution < -0.4 is 14.8 Å². The van der Waals surface area contributed by atoms with Crippen molar-refractivity contribution in [1.82, 2.24) is 15.3 Å². The Morgan fingerprint density at radius 2 is 1.96 bits per heavy atom. The Bertz CT molecular complexity index is 909. The maximum absolute atomic E-state index is 12.2. The van der Waals surface area contributed by atoms with Crippen LogP contribution in [0.2, 0.25) is 0 Å². The molecule has 1 heterocycles. The van der Waals surface area contributed by atoms with Crippen LogP contribution in [-0.4, -0.2) is 42.4 Å². The maximum atomic E-state index is 12.2. The number of carbonyl (C=O) groups excluding carboxylic acids is 1. The van der Waals surface area contributed by atoms with Gasteiger partial charge in [-0.15, -0.1) is 11.8 Å². The molecule has 3 aromatic rings. The Morgan fingerprint density at radius 3 is 2.71 bits per heavy atom. The van der Waals surface area contributed by atoms with Crippen molar-refractivity contribution >= 4 is 28.7 Å². The van der Waals surface area contributed by atoms with Gasteiger partial charge in [0.15, 0.2) is 11.5 Å². The van der Waals surface area contributed by atoms with Gasteiger partial charge in [-0.2, -0.15) is 0 Å². The molecule has 0 aliphatic rings. The fraction of sp³-hybridized carbons (Fsp3) is 0.333. The van der Waals surface area contributed by atoms with E-state index in [0.717, 1.165) is 28.8 Å². The largest absolute Gasteiger partial charge is 0.493 e. The van der Waals surface area contributed by atoms with Crippen molar-refractivity contribution in [2.24, 2.45) is 0 Å². The molecule has 1 aromatic heterocycles. The van der Waals surface area contributed by atoms with Crippen LogP contribution in [0.25, 0.3) is 11.0 Å². The summed E-state index contributed by atoms with van der Waals surface area (Å²) < 4.78 is 10.5. The first-order chi connectivity index (χ1) is 13.6. The molecule has 1 amide bonds. The van der Waals surface area contributed by atoms with Gasteiger partial charge in [0.1, 0.15) is 5.82 Å². The van der Waals surface area contributed by atoms with Gasteiger partial charge >= 0.3 is 0 Å². The summed E-state index contributed by atoms with van der Waals surface area (Å²) in [6, 6.07) is 13.7. The first kappa shape index (κ1) is 20.1. The number of nitrogens with zero attached hydrogens (tertiary/aromatic N) is 1. The van der Waals surface area contributed by atoms with Gasteiger partial charge in [0, 0.05) is 6.54 Å².